The molecule has 0 saturated heterocycles. The first-order chi connectivity index (χ1) is 9.20. The van der Waals surface area contributed by atoms with Crippen LogP contribution in [-0.2, 0) is 0 Å². The molecule has 0 aliphatic heterocycles. The summed E-state index contributed by atoms with van der Waals surface area (Å²) in [7, 11) is 0. The Labute approximate surface area is 114 Å². The maximum absolute atomic E-state index is 13.5. The maximum atomic E-state index is 13.5. The number of hydrogen-bond acceptors (Lipinski definition) is 2. The summed E-state index contributed by atoms with van der Waals surface area (Å²) in [6.45, 7) is 0. The van der Waals surface area contributed by atoms with Crippen molar-refractivity contribution in [3.8, 4) is 11.8 Å². The molecule has 0 spiro atoms. The highest BCUT2D eigenvalue weighted by Crippen LogP contribution is 2.22. The van der Waals surface area contributed by atoms with Crippen LogP contribution in [0.15, 0.2) is 47.5 Å². The molecule has 4 heteroatoms. The van der Waals surface area contributed by atoms with Crippen LogP contribution < -0.4 is 0 Å². The van der Waals surface area contributed by atoms with Crippen LogP contribution in [0.4, 0.5) is 14.5 Å². The van der Waals surface area contributed by atoms with E-state index < -0.39 is 17.3 Å². The Balaban J connectivity index is 2.38. The van der Waals surface area contributed by atoms with Gasteiger partial charge in [-0.05, 0) is 36.5 Å². The van der Waals surface area contributed by atoms with Gasteiger partial charge in [0.2, 0.25) is 0 Å². The number of halogens is 2. The molecular formula is C15H7F2NS. The van der Waals surface area contributed by atoms with Gasteiger partial charge in [0.05, 0.1) is 5.16 Å². The molecule has 0 N–H and O–H groups in total. The molecule has 0 amide bonds. The minimum atomic E-state index is -0.810. The lowest BCUT2D eigenvalue weighted by Gasteiger charge is -1.98. The third-order valence-corrected chi connectivity index (χ3v) is 2.39. The summed E-state index contributed by atoms with van der Waals surface area (Å²) in [6, 6.07) is 11.4. The van der Waals surface area contributed by atoms with Gasteiger partial charge in [-0.1, -0.05) is 30.0 Å². The average Bonchev–Trinajstić information content (AvgIpc) is 2.42. The second-order valence-electron chi connectivity index (χ2n) is 3.61. The van der Waals surface area contributed by atoms with Gasteiger partial charge in [-0.25, -0.2) is 8.78 Å². The van der Waals surface area contributed by atoms with Crippen LogP contribution in [0.5, 0.6) is 0 Å². The lowest BCUT2D eigenvalue weighted by molar-refractivity contribution is 0.587. The smallest absolute Gasteiger partial charge is 0.153 e. The fourth-order valence-electron chi connectivity index (χ4n) is 1.46. The highest BCUT2D eigenvalue weighted by Gasteiger charge is 2.09. The van der Waals surface area contributed by atoms with Gasteiger partial charge in [0.15, 0.2) is 11.6 Å². The van der Waals surface area contributed by atoms with E-state index in [4.69, 9.17) is 0 Å². The van der Waals surface area contributed by atoms with Crippen molar-refractivity contribution < 1.29 is 8.78 Å². The first-order valence-corrected chi connectivity index (χ1v) is 5.75. The Kier molecular flexibility index (Phi) is 4.15. The van der Waals surface area contributed by atoms with Gasteiger partial charge in [0.1, 0.15) is 5.69 Å². The summed E-state index contributed by atoms with van der Waals surface area (Å²) in [4.78, 5) is 3.33. The van der Waals surface area contributed by atoms with Crippen molar-refractivity contribution in [2.75, 3.05) is 0 Å². The molecule has 0 fully saturated rings. The number of rotatable bonds is 1. The fourth-order valence-corrected chi connectivity index (χ4v) is 1.55. The van der Waals surface area contributed by atoms with Gasteiger partial charge in [-0.3, -0.25) is 0 Å². The summed E-state index contributed by atoms with van der Waals surface area (Å²) < 4.78 is 27.1. The fraction of sp³-hybridized carbons (Fsp3) is 0. The Morgan fingerprint density at radius 2 is 1.47 bits per heavy atom. The lowest BCUT2D eigenvalue weighted by atomic mass is 10.1. The van der Waals surface area contributed by atoms with Crippen molar-refractivity contribution in [3.63, 3.8) is 0 Å². The number of nitrogens with zero attached hydrogens (tertiary/aromatic N) is 1. The molecule has 0 saturated carbocycles. The molecule has 19 heavy (non-hydrogen) atoms. The highest BCUT2D eigenvalue weighted by molar-refractivity contribution is 7.78. The van der Waals surface area contributed by atoms with E-state index >= 15 is 0 Å². The van der Waals surface area contributed by atoms with Crippen LogP contribution in [0.25, 0.3) is 0 Å². The van der Waals surface area contributed by atoms with Gasteiger partial charge in [-0.2, -0.15) is 4.99 Å². The van der Waals surface area contributed by atoms with Crippen LogP contribution in [0.1, 0.15) is 11.1 Å². The van der Waals surface area contributed by atoms with E-state index in [2.05, 4.69) is 29.1 Å². The van der Waals surface area contributed by atoms with E-state index in [1.54, 1.807) is 0 Å². The Bertz CT molecular complexity index is 685. The predicted molar refractivity (Wildman–Crippen MR) is 73.5 cm³/mol. The molecule has 0 aromatic heterocycles. The van der Waals surface area contributed by atoms with Crippen molar-refractivity contribution >= 4 is 23.1 Å². The first-order valence-electron chi connectivity index (χ1n) is 5.34. The predicted octanol–water partition coefficient (Wildman–Crippen LogP) is 4.10. The first kappa shape index (κ1) is 13.1. The monoisotopic (exact) mass is 271 g/mol. The van der Waals surface area contributed by atoms with Gasteiger partial charge < -0.3 is 0 Å². The van der Waals surface area contributed by atoms with Gasteiger partial charge in [0.25, 0.3) is 0 Å². The molecule has 0 bridgehead atoms. The zero-order valence-corrected chi connectivity index (χ0v) is 10.5. The highest BCUT2D eigenvalue weighted by atomic mass is 32.1. The Morgan fingerprint density at radius 3 is 2.05 bits per heavy atom. The summed E-state index contributed by atoms with van der Waals surface area (Å²) in [6.07, 6.45) is 0. The van der Waals surface area contributed by atoms with E-state index in [1.165, 1.54) is 0 Å². The molecule has 2 rings (SSSR count). The van der Waals surface area contributed by atoms with Crippen LogP contribution in [0.2, 0.25) is 0 Å². The second-order valence-corrected chi connectivity index (χ2v) is 3.79. The molecule has 0 radical (unpaired) electrons. The van der Waals surface area contributed by atoms with E-state index in [-0.39, 0.29) is 5.56 Å². The minimum Gasteiger partial charge on any atom is -0.204 e. The van der Waals surface area contributed by atoms with Crippen LogP contribution in [-0.4, -0.2) is 5.16 Å². The molecule has 0 heterocycles. The topological polar surface area (TPSA) is 12.4 Å². The Hall–Kier alpha value is -2.34. The lowest BCUT2D eigenvalue weighted by Crippen LogP contribution is -1.86. The van der Waals surface area contributed by atoms with Crippen molar-refractivity contribution in [2.24, 2.45) is 4.99 Å². The summed E-state index contributed by atoms with van der Waals surface area (Å²) >= 11 is 4.32. The molecule has 2 aromatic carbocycles. The van der Waals surface area contributed by atoms with Crippen molar-refractivity contribution in [2.45, 2.75) is 0 Å². The van der Waals surface area contributed by atoms with E-state index in [0.717, 1.165) is 17.7 Å². The molecule has 0 atom stereocenters. The largest absolute Gasteiger partial charge is 0.204 e. The third kappa shape index (κ3) is 3.32. The van der Waals surface area contributed by atoms with E-state index in [1.807, 2.05) is 35.5 Å². The normalized spacial score (nSPS) is 9.16. The summed E-state index contributed by atoms with van der Waals surface area (Å²) in [5, 5.41) is 1.94. The number of benzene rings is 2. The quantitative estimate of drug-likeness (QED) is 0.432. The maximum Gasteiger partial charge on any atom is 0.153 e. The van der Waals surface area contributed by atoms with Crippen molar-refractivity contribution in [1.29, 1.82) is 0 Å². The van der Waals surface area contributed by atoms with Gasteiger partial charge >= 0.3 is 0 Å². The zero-order valence-electron chi connectivity index (χ0n) is 9.65. The standard InChI is InChI=1S/C15H7F2NS/c16-13-8-12(9-14(17)15(13)18-10-19)7-6-11-4-2-1-3-5-11/h1-5,8-9H. The molecule has 92 valence electrons. The second kappa shape index (κ2) is 6.01. The molecule has 0 aliphatic carbocycles. The molecule has 2 aromatic rings. The summed E-state index contributed by atoms with van der Waals surface area (Å²) in [5.74, 6) is 3.89. The number of thiocarbonyl (C=S) groups is 1. The van der Waals surface area contributed by atoms with Crippen molar-refractivity contribution in [1.82, 2.24) is 0 Å². The molecule has 1 nitrogen and oxygen atoms in total. The molecule has 0 aliphatic rings. The number of aliphatic imine (C=N–C) groups is 1. The Morgan fingerprint density at radius 1 is 0.895 bits per heavy atom. The van der Waals surface area contributed by atoms with Crippen LogP contribution in [0, 0.1) is 23.5 Å². The number of isothiocyanates is 1. The summed E-state index contributed by atoms with van der Waals surface area (Å²) in [5.41, 5.74) is 0.562. The SMILES string of the molecule is Fc1cc(C#Cc2ccccc2)cc(F)c1N=C=S. The van der Waals surface area contributed by atoms with Crippen LogP contribution >= 0.6 is 12.2 Å². The average molecular weight is 271 g/mol. The van der Waals surface area contributed by atoms with Gasteiger partial charge in [0, 0.05) is 11.1 Å². The molecular weight excluding hydrogens is 264 g/mol. The molecule has 0 unspecified atom stereocenters. The third-order valence-electron chi connectivity index (χ3n) is 2.30. The minimum absolute atomic E-state index is 0.238. The van der Waals surface area contributed by atoms with Crippen molar-refractivity contribution in [3.05, 3.63) is 65.2 Å². The van der Waals surface area contributed by atoms with Crippen LogP contribution in [0.3, 0.4) is 0 Å². The van der Waals surface area contributed by atoms with E-state index in [9.17, 15) is 8.78 Å². The number of hydrogen-bond donors (Lipinski definition) is 0. The van der Waals surface area contributed by atoms with E-state index in [0.29, 0.717) is 0 Å². The zero-order chi connectivity index (χ0) is 13.7. The van der Waals surface area contributed by atoms with Gasteiger partial charge in [-0.15, -0.1) is 0 Å².